The van der Waals surface area contributed by atoms with Crippen LogP contribution < -0.4 is 0 Å². The Hall–Kier alpha value is -3.48. The van der Waals surface area contributed by atoms with Gasteiger partial charge in [0.15, 0.2) is 6.10 Å². The Kier molecular flexibility index (Phi) is 14.1. The van der Waals surface area contributed by atoms with E-state index >= 15 is 0 Å². The molecule has 0 aliphatic heterocycles. The van der Waals surface area contributed by atoms with E-state index in [2.05, 4.69) is 13.8 Å². The van der Waals surface area contributed by atoms with Gasteiger partial charge in [-0.3, -0.25) is 0 Å². The van der Waals surface area contributed by atoms with Crippen LogP contribution in [0.3, 0.4) is 0 Å². The first-order chi connectivity index (χ1) is 23.5. The topological polar surface area (TPSA) is 71.1 Å². The summed E-state index contributed by atoms with van der Waals surface area (Å²) in [6.07, 6.45) is 13.3. The van der Waals surface area contributed by atoms with Gasteiger partial charge in [-0.2, -0.15) is 0 Å². The fourth-order valence-electron chi connectivity index (χ4n) is 7.00. The molecule has 258 valence electrons. The molecule has 1 unspecified atom stereocenters. The van der Waals surface area contributed by atoms with Crippen molar-refractivity contribution in [2.45, 2.75) is 121 Å². The summed E-state index contributed by atoms with van der Waals surface area (Å²) in [6.45, 7) is 6.02. The molecule has 2 fully saturated rings. The molecule has 48 heavy (non-hydrogen) atoms. The number of hydrogen-bond donors (Lipinski definition) is 0. The van der Waals surface area contributed by atoms with Crippen molar-refractivity contribution in [2.75, 3.05) is 19.8 Å². The molecule has 0 N–H and O–H groups in total. The fourth-order valence-corrected chi connectivity index (χ4v) is 7.00. The number of ether oxygens (including phenoxy) is 4. The molecule has 0 bridgehead atoms. The summed E-state index contributed by atoms with van der Waals surface area (Å²) in [6, 6.07) is 25.0. The van der Waals surface area contributed by atoms with Crippen LogP contribution in [-0.4, -0.2) is 44.0 Å². The monoisotopic (exact) mass is 654 g/mol. The van der Waals surface area contributed by atoms with Crippen molar-refractivity contribution in [3.05, 3.63) is 107 Å². The molecule has 2 saturated carbocycles. The van der Waals surface area contributed by atoms with Gasteiger partial charge in [0.25, 0.3) is 0 Å². The van der Waals surface area contributed by atoms with Crippen molar-refractivity contribution >= 4 is 11.9 Å². The molecule has 5 rings (SSSR count). The largest absolute Gasteiger partial charge is 0.458 e. The third kappa shape index (κ3) is 10.5. The van der Waals surface area contributed by atoms with Crippen LogP contribution in [-0.2, 0) is 18.9 Å². The van der Waals surface area contributed by atoms with Crippen molar-refractivity contribution in [1.29, 1.82) is 0 Å². The highest BCUT2D eigenvalue weighted by Crippen LogP contribution is 2.35. The van der Waals surface area contributed by atoms with E-state index in [1.165, 1.54) is 11.1 Å². The molecule has 2 aliphatic carbocycles. The van der Waals surface area contributed by atoms with Crippen LogP contribution in [0, 0.1) is 0 Å². The van der Waals surface area contributed by atoms with Gasteiger partial charge in [0.2, 0.25) is 0 Å². The summed E-state index contributed by atoms with van der Waals surface area (Å²) < 4.78 is 23.7. The molecule has 0 aromatic heterocycles. The lowest BCUT2D eigenvalue weighted by molar-refractivity contribution is -0.00134. The Balaban J connectivity index is 1.12. The minimum absolute atomic E-state index is 0.0694. The van der Waals surface area contributed by atoms with Gasteiger partial charge < -0.3 is 18.9 Å². The Morgan fingerprint density at radius 2 is 1.06 bits per heavy atom. The number of carbonyl (C=O) groups is 2. The zero-order valence-electron chi connectivity index (χ0n) is 28.9. The molecule has 6 heteroatoms. The summed E-state index contributed by atoms with van der Waals surface area (Å²) in [7, 11) is 0. The first kappa shape index (κ1) is 35.8. The molecular formula is C42H54O6. The van der Waals surface area contributed by atoms with E-state index < -0.39 is 18.0 Å². The van der Waals surface area contributed by atoms with Gasteiger partial charge >= 0.3 is 11.9 Å². The van der Waals surface area contributed by atoms with E-state index in [9.17, 15) is 9.59 Å². The Morgan fingerprint density at radius 3 is 1.52 bits per heavy atom. The highest BCUT2D eigenvalue weighted by molar-refractivity contribution is 5.90. The molecule has 0 saturated heterocycles. The summed E-state index contributed by atoms with van der Waals surface area (Å²) in [5, 5.41) is 0. The maximum Gasteiger partial charge on any atom is 0.338 e. The predicted octanol–water partition coefficient (Wildman–Crippen LogP) is 10.1. The van der Waals surface area contributed by atoms with Gasteiger partial charge in [0.1, 0.15) is 6.61 Å². The van der Waals surface area contributed by atoms with Gasteiger partial charge in [-0.15, -0.1) is 0 Å². The smallest absolute Gasteiger partial charge is 0.338 e. The minimum Gasteiger partial charge on any atom is -0.458 e. The van der Waals surface area contributed by atoms with Crippen LogP contribution in [0.2, 0.25) is 0 Å². The lowest BCUT2D eigenvalue weighted by Gasteiger charge is -2.29. The predicted molar refractivity (Wildman–Crippen MR) is 189 cm³/mol. The molecule has 3 aromatic rings. The highest BCUT2D eigenvalue weighted by atomic mass is 16.6. The number of unbranched alkanes of at least 4 members (excludes halogenated alkanes) is 2. The average Bonchev–Trinajstić information content (AvgIpc) is 3.14. The third-order valence-corrected chi connectivity index (χ3v) is 10.1. The van der Waals surface area contributed by atoms with Crippen molar-refractivity contribution in [3.63, 3.8) is 0 Å². The number of carbonyl (C=O) groups excluding carboxylic acids is 2. The zero-order valence-corrected chi connectivity index (χ0v) is 28.9. The van der Waals surface area contributed by atoms with Gasteiger partial charge in [0, 0.05) is 13.2 Å². The molecule has 0 heterocycles. The van der Waals surface area contributed by atoms with Crippen LogP contribution in [0.1, 0.15) is 146 Å². The number of esters is 2. The maximum absolute atomic E-state index is 13.3. The number of hydrogen-bond acceptors (Lipinski definition) is 6. The van der Waals surface area contributed by atoms with Gasteiger partial charge in [-0.05, 0) is 117 Å². The van der Waals surface area contributed by atoms with Crippen molar-refractivity contribution in [2.24, 2.45) is 0 Å². The lowest BCUT2D eigenvalue weighted by Crippen LogP contribution is -2.21. The molecule has 0 amide bonds. The molecular weight excluding hydrogens is 600 g/mol. The zero-order chi connectivity index (χ0) is 33.6. The van der Waals surface area contributed by atoms with E-state index in [0.29, 0.717) is 35.2 Å². The molecule has 0 radical (unpaired) electrons. The minimum atomic E-state index is -0.723. The molecule has 1 atom stereocenters. The van der Waals surface area contributed by atoms with E-state index in [0.717, 1.165) is 95.8 Å². The van der Waals surface area contributed by atoms with Gasteiger partial charge in [-0.1, -0.05) is 81.3 Å². The van der Waals surface area contributed by atoms with E-state index in [4.69, 9.17) is 18.9 Å². The maximum atomic E-state index is 13.3. The van der Waals surface area contributed by atoms with Crippen LogP contribution in [0.25, 0.3) is 0 Å². The number of benzene rings is 3. The second kappa shape index (κ2) is 18.9. The Labute approximate surface area is 287 Å². The second-order valence-corrected chi connectivity index (χ2v) is 13.5. The normalized spacial score (nSPS) is 21.7. The fraction of sp³-hybridized carbons (Fsp3) is 0.524. The summed E-state index contributed by atoms with van der Waals surface area (Å²) >= 11 is 0. The molecule has 3 aromatic carbocycles. The van der Waals surface area contributed by atoms with Gasteiger partial charge in [0.05, 0.1) is 23.3 Å². The molecule has 0 spiro atoms. The Bertz CT molecular complexity index is 1370. The van der Waals surface area contributed by atoms with Crippen molar-refractivity contribution < 1.29 is 28.5 Å². The highest BCUT2D eigenvalue weighted by Gasteiger charge is 2.25. The first-order valence-corrected chi connectivity index (χ1v) is 18.4. The van der Waals surface area contributed by atoms with Crippen molar-refractivity contribution in [3.8, 4) is 0 Å². The van der Waals surface area contributed by atoms with E-state index in [1.54, 1.807) is 0 Å². The third-order valence-electron chi connectivity index (χ3n) is 10.1. The number of rotatable bonds is 16. The average molecular weight is 655 g/mol. The van der Waals surface area contributed by atoms with Crippen LogP contribution in [0.4, 0.5) is 0 Å². The van der Waals surface area contributed by atoms with E-state index in [1.807, 2.05) is 78.9 Å². The summed E-state index contributed by atoms with van der Waals surface area (Å²) in [5.41, 5.74) is 4.26. The summed E-state index contributed by atoms with van der Waals surface area (Å²) in [5.74, 6) is 0.106. The Morgan fingerprint density at radius 1 is 0.604 bits per heavy atom. The SMILES string of the molecule is CCCCOC1CCC(c2ccc(C(=O)OCC(OC(=O)c3ccc(C4CCC(OCCCC)CC4)cc3)c3ccccc3)cc2)CC1. The quantitative estimate of drug-likeness (QED) is 0.113. The van der Waals surface area contributed by atoms with Crippen molar-refractivity contribution in [1.82, 2.24) is 0 Å². The molecule has 2 aliphatic rings. The molecule has 6 nitrogen and oxygen atoms in total. The standard InChI is InChI=1S/C42H54O6/c1-3-5-28-45-38-24-20-33(21-25-38)31-12-16-36(17-13-31)41(43)47-30-40(35-10-8-7-9-11-35)48-42(44)37-18-14-32(15-19-37)34-22-26-39(27-23-34)46-29-6-4-2/h7-19,33-34,38-40H,3-6,20-30H2,1-2H3. The van der Waals surface area contributed by atoms with Crippen LogP contribution >= 0.6 is 0 Å². The van der Waals surface area contributed by atoms with E-state index in [-0.39, 0.29) is 6.61 Å². The lowest BCUT2D eigenvalue weighted by atomic mass is 9.82. The van der Waals surface area contributed by atoms with Gasteiger partial charge in [-0.25, -0.2) is 9.59 Å². The van der Waals surface area contributed by atoms with Crippen LogP contribution in [0.5, 0.6) is 0 Å². The van der Waals surface area contributed by atoms with Crippen LogP contribution in [0.15, 0.2) is 78.9 Å². The first-order valence-electron chi connectivity index (χ1n) is 18.4. The second-order valence-electron chi connectivity index (χ2n) is 13.5. The summed E-state index contributed by atoms with van der Waals surface area (Å²) in [4.78, 5) is 26.4.